The maximum atomic E-state index is 11.8. The van der Waals surface area contributed by atoms with E-state index in [4.69, 9.17) is 0 Å². The summed E-state index contributed by atoms with van der Waals surface area (Å²) in [6.45, 7) is 0.554. The van der Waals surface area contributed by atoms with Crippen LogP contribution >= 0.6 is 0 Å². The monoisotopic (exact) mass is 286 g/mol. The van der Waals surface area contributed by atoms with E-state index >= 15 is 0 Å². The Labute approximate surface area is 110 Å². The third kappa shape index (κ3) is 3.47. The molecule has 85 valence electrons. The molecular weight excluding hydrogens is 273 g/mol. The average molecular weight is 286 g/mol. The van der Waals surface area contributed by atoms with Crippen LogP contribution in [-0.2, 0) is 6.54 Å². The van der Waals surface area contributed by atoms with Crippen LogP contribution in [0.3, 0.4) is 0 Å². The van der Waals surface area contributed by atoms with Crippen molar-refractivity contribution in [2.45, 2.75) is 6.54 Å². The van der Waals surface area contributed by atoms with Gasteiger partial charge in [-0.2, -0.15) is 0 Å². The summed E-state index contributed by atoms with van der Waals surface area (Å²) >= 11 is 1.49. The van der Waals surface area contributed by atoms with Crippen molar-refractivity contribution < 1.29 is 4.79 Å². The number of rotatable bonds is 3. The molecule has 0 heterocycles. The van der Waals surface area contributed by atoms with Gasteiger partial charge in [-0.1, -0.05) is 0 Å². The van der Waals surface area contributed by atoms with Crippen LogP contribution in [0.15, 0.2) is 48.5 Å². The predicted octanol–water partition coefficient (Wildman–Crippen LogP) is 0.675. The molecule has 2 rings (SSSR count). The molecule has 1 unspecified atom stereocenters. The van der Waals surface area contributed by atoms with Crippen LogP contribution in [-0.4, -0.2) is 22.8 Å². The van der Waals surface area contributed by atoms with E-state index in [0.29, 0.717) is 12.1 Å². The first-order valence-corrected chi connectivity index (χ1v) is 6.55. The minimum absolute atomic E-state index is 0.0513. The number of hydrogen-bond acceptors (Lipinski definition) is 1. The summed E-state index contributed by atoms with van der Waals surface area (Å²) in [7, 11) is 0. The topological polar surface area (TPSA) is 29.1 Å². The van der Waals surface area contributed by atoms with Crippen molar-refractivity contribution in [3.8, 4) is 0 Å². The van der Waals surface area contributed by atoms with Crippen LogP contribution in [0.5, 0.6) is 0 Å². The molecule has 2 nitrogen and oxygen atoms in total. The van der Waals surface area contributed by atoms with E-state index in [2.05, 4.69) is 11.4 Å². The zero-order chi connectivity index (χ0) is 12.1. The number of hydrogen-bond donors (Lipinski definition) is 1. The third-order valence-corrected chi connectivity index (χ3v) is 3.07. The first-order chi connectivity index (χ1) is 8.25. The summed E-state index contributed by atoms with van der Waals surface area (Å²) in [5, 5.41) is 2.89. The fourth-order valence-electron chi connectivity index (χ4n) is 1.50. The van der Waals surface area contributed by atoms with Gasteiger partial charge in [0, 0.05) is 0 Å². The van der Waals surface area contributed by atoms with Gasteiger partial charge >= 0.3 is 109 Å². The van der Waals surface area contributed by atoms with Crippen molar-refractivity contribution in [1.82, 2.24) is 5.32 Å². The zero-order valence-corrected chi connectivity index (χ0v) is 11.7. The SMILES string of the molecule is O=C(NCc1ccccc1)c1c[c]cc([AsH2])c1. The Bertz CT molecular complexity index is 511. The van der Waals surface area contributed by atoms with E-state index in [0.717, 1.165) is 9.91 Å². The molecule has 2 aromatic rings. The number of benzene rings is 2. The molecule has 1 radical (unpaired) electrons. The van der Waals surface area contributed by atoms with Crippen molar-refractivity contribution in [2.24, 2.45) is 0 Å². The summed E-state index contributed by atoms with van der Waals surface area (Å²) in [6, 6.07) is 18.3. The molecule has 0 saturated heterocycles. The van der Waals surface area contributed by atoms with Crippen LogP contribution in [0.25, 0.3) is 0 Å². The maximum absolute atomic E-state index is 11.8. The molecule has 0 bridgehead atoms. The van der Waals surface area contributed by atoms with Gasteiger partial charge in [-0.05, 0) is 0 Å². The molecule has 2 aromatic carbocycles. The van der Waals surface area contributed by atoms with Crippen molar-refractivity contribution >= 4 is 27.1 Å². The standard InChI is InChI=1S/C14H13AsNO/c15-13-8-4-7-12(9-13)14(17)16-10-11-5-2-1-3-6-11/h1-3,5-9H,10,15H2,(H,16,17). The van der Waals surface area contributed by atoms with Crippen LogP contribution in [0.2, 0.25) is 0 Å². The van der Waals surface area contributed by atoms with E-state index < -0.39 is 0 Å². The van der Waals surface area contributed by atoms with Crippen molar-refractivity contribution in [3.05, 3.63) is 65.7 Å². The molecular formula is C14H13AsNO. The van der Waals surface area contributed by atoms with E-state index in [1.165, 1.54) is 16.9 Å². The molecule has 0 spiro atoms. The average Bonchev–Trinajstić information content (AvgIpc) is 2.37. The molecule has 1 atom stereocenters. The van der Waals surface area contributed by atoms with Gasteiger partial charge in [0.1, 0.15) is 0 Å². The molecule has 0 aliphatic carbocycles. The second-order valence-electron chi connectivity index (χ2n) is 3.72. The van der Waals surface area contributed by atoms with Gasteiger partial charge in [-0.15, -0.1) is 0 Å². The normalized spacial score (nSPS) is 9.94. The fraction of sp³-hybridized carbons (Fsp3) is 0.0714. The van der Waals surface area contributed by atoms with Crippen molar-refractivity contribution in [2.75, 3.05) is 0 Å². The van der Waals surface area contributed by atoms with Gasteiger partial charge < -0.3 is 0 Å². The molecule has 1 N–H and O–H groups in total. The summed E-state index contributed by atoms with van der Waals surface area (Å²) in [5.74, 6) is -0.0513. The Balaban J connectivity index is 1.98. The Morgan fingerprint density at radius 1 is 1.24 bits per heavy atom. The van der Waals surface area contributed by atoms with E-state index in [-0.39, 0.29) is 5.91 Å². The van der Waals surface area contributed by atoms with Gasteiger partial charge in [0.2, 0.25) is 0 Å². The van der Waals surface area contributed by atoms with E-state index in [1.54, 1.807) is 6.07 Å². The van der Waals surface area contributed by atoms with Crippen LogP contribution in [0.4, 0.5) is 0 Å². The molecule has 0 aliphatic rings. The molecule has 17 heavy (non-hydrogen) atoms. The molecule has 1 amide bonds. The van der Waals surface area contributed by atoms with Crippen LogP contribution in [0, 0.1) is 6.07 Å². The van der Waals surface area contributed by atoms with Gasteiger partial charge in [0.25, 0.3) is 0 Å². The van der Waals surface area contributed by atoms with Gasteiger partial charge in [0.05, 0.1) is 0 Å². The van der Waals surface area contributed by atoms with Gasteiger partial charge in [-0.3, -0.25) is 0 Å². The summed E-state index contributed by atoms with van der Waals surface area (Å²) in [6.07, 6.45) is 0. The fourth-order valence-corrected chi connectivity index (χ4v) is 2.08. The van der Waals surface area contributed by atoms with Gasteiger partial charge in [-0.25, -0.2) is 0 Å². The first-order valence-electron chi connectivity index (χ1n) is 5.34. The summed E-state index contributed by atoms with van der Waals surface area (Å²) in [4.78, 5) is 11.8. The van der Waals surface area contributed by atoms with Crippen LogP contribution in [0.1, 0.15) is 15.9 Å². The third-order valence-electron chi connectivity index (χ3n) is 2.37. The Kier molecular flexibility index (Phi) is 4.00. The summed E-state index contributed by atoms with van der Waals surface area (Å²) in [5.41, 5.74) is 1.77. The minimum atomic E-state index is -0.0513. The second-order valence-corrected chi connectivity index (χ2v) is 5.12. The van der Waals surface area contributed by atoms with Crippen LogP contribution < -0.4 is 9.67 Å². The van der Waals surface area contributed by atoms with E-state index in [1.807, 2.05) is 42.5 Å². The van der Waals surface area contributed by atoms with Gasteiger partial charge in [0.15, 0.2) is 0 Å². The molecule has 0 saturated carbocycles. The number of carbonyl (C=O) groups excluding carboxylic acids is 1. The number of carbonyl (C=O) groups is 1. The van der Waals surface area contributed by atoms with Crippen molar-refractivity contribution in [1.29, 1.82) is 0 Å². The Morgan fingerprint density at radius 2 is 2.00 bits per heavy atom. The molecule has 0 aromatic heterocycles. The second kappa shape index (κ2) is 5.69. The zero-order valence-electron chi connectivity index (χ0n) is 9.31. The van der Waals surface area contributed by atoms with Crippen molar-refractivity contribution in [3.63, 3.8) is 0 Å². The molecule has 0 fully saturated rings. The Hall–Kier alpha value is -1.53. The van der Waals surface area contributed by atoms with E-state index in [9.17, 15) is 4.79 Å². The summed E-state index contributed by atoms with van der Waals surface area (Å²) < 4.78 is 1.10. The quantitative estimate of drug-likeness (QED) is 0.826. The molecule has 0 aliphatic heterocycles. The molecule has 3 heteroatoms. The number of amides is 1. The number of nitrogens with one attached hydrogen (secondary N) is 1. The predicted molar refractivity (Wildman–Crippen MR) is 71.1 cm³/mol. The first kappa shape index (κ1) is 11.9. The Morgan fingerprint density at radius 3 is 2.71 bits per heavy atom.